The van der Waals surface area contributed by atoms with Crippen molar-refractivity contribution in [3.63, 3.8) is 0 Å². The quantitative estimate of drug-likeness (QED) is 0.234. The van der Waals surface area contributed by atoms with Crippen molar-refractivity contribution in [2.75, 3.05) is 31.1 Å². The molecule has 0 aliphatic carbocycles. The number of nitrogens with zero attached hydrogens (tertiary/aromatic N) is 4. The summed E-state index contributed by atoms with van der Waals surface area (Å²) >= 11 is 0. The van der Waals surface area contributed by atoms with Crippen LogP contribution in [0, 0.1) is 11.0 Å². The van der Waals surface area contributed by atoms with Gasteiger partial charge in [-0.2, -0.15) is 4.73 Å². The molecular formula is C26H27FN4O4. The first-order valence-electron chi connectivity index (χ1n) is 11.4. The van der Waals surface area contributed by atoms with Crippen molar-refractivity contribution in [1.29, 1.82) is 0 Å². The molecule has 4 rings (SSSR count). The lowest BCUT2D eigenvalue weighted by Crippen LogP contribution is -2.48. The van der Waals surface area contributed by atoms with Crippen LogP contribution in [0.3, 0.4) is 0 Å². The molecule has 1 fully saturated rings. The van der Waals surface area contributed by atoms with Gasteiger partial charge in [0.2, 0.25) is 11.7 Å². The zero-order valence-electron chi connectivity index (χ0n) is 19.9. The molecule has 0 saturated carbocycles. The molecule has 0 bridgehead atoms. The number of anilines is 1. The van der Waals surface area contributed by atoms with E-state index < -0.39 is 11.6 Å². The highest BCUT2D eigenvalue weighted by atomic mass is 19.1. The molecule has 3 aromatic rings. The second-order valence-electron chi connectivity index (χ2n) is 8.67. The Labute approximate surface area is 202 Å². The molecule has 2 aromatic heterocycles. The van der Waals surface area contributed by atoms with E-state index in [0.717, 1.165) is 5.56 Å². The van der Waals surface area contributed by atoms with Crippen molar-refractivity contribution in [1.82, 2.24) is 9.88 Å². The predicted octanol–water partition coefficient (Wildman–Crippen LogP) is 3.36. The van der Waals surface area contributed by atoms with Crippen LogP contribution >= 0.6 is 0 Å². The summed E-state index contributed by atoms with van der Waals surface area (Å²) in [5, 5.41) is 13.4. The van der Waals surface area contributed by atoms with Crippen LogP contribution in [0.25, 0.3) is 17.0 Å². The van der Waals surface area contributed by atoms with Crippen molar-refractivity contribution in [2.45, 2.75) is 26.9 Å². The van der Waals surface area contributed by atoms with Gasteiger partial charge in [0.15, 0.2) is 17.8 Å². The van der Waals surface area contributed by atoms with Gasteiger partial charge in [-0.1, -0.05) is 6.07 Å². The maximum absolute atomic E-state index is 15.5. The number of ether oxygens (including phenoxy) is 1. The lowest BCUT2D eigenvalue weighted by molar-refractivity contribution is -0.577. The second-order valence-corrected chi connectivity index (χ2v) is 8.67. The maximum Gasteiger partial charge on any atom is 0.268 e. The van der Waals surface area contributed by atoms with E-state index in [4.69, 9.17) is 4.74 Å². The van der Waals surface area contributed by atoms with Crippen LogP contribution in [0.2, 0.25) is 0 Å². The van der Waals surface area contributed by atoms with Crippen molar-refractivity contribution in [3.05, 3.63) is 71.1 Å². The van der Waals surface area contributed by atoms with Crippen LogP contribution in [-0.2, 0) is 4.79 Å². The average Bonchev–Trinajstić information content (AvgIpc) is 2.82. The fourth-order valence-electron chi connectivity index (χ4n) is 4.12. The third kappa shape index (κ3) is 5.24. The summed E-state index contributed by atoms with van der Waals surface area (Å²) in [6.45, 7) is 6.81. The molecule has 35 heavy (non-hydrogen) atoms. The number of benzene rings is 1. The summed E-state index contributed by atoms with van der Waals surface area (Å²) in [4.78, 5) is 31.9. The van der Waals surface area contributed by atoms with Crippen LogP contribution in [-0.4, -0.2) is 53.9 Å². The van der Waals surface area contributed by atoms with E-state index >= 15 is 4.39 Å². The van der Waals surface area contributed by atoms with Crippen molar-refractivity contribution < 1.29 is 23.4 Å². The monoisotopic (exact) mass is 478 g/mol. The van der Waals surface area contributed by atoms with Gasteiger partial charge in [0.1, 0.15) is 5.69 Å². The number of pyridine rings is 2. The number of amides is 1. The minimum Gasteiger partial charge on any atom is -0.618 e. The molecule has 0 atom stereocenters. The van der Waals surface area contributed by atoms with Crippen LogP contribution in [0.4, 0.5) is 10.1 Å². The van der Waals surface area contributed by atoms with E-state index in [-0.39, 0.29) is 39.9 Å². The van der Waals surface area contributed by atoms with Crippen LogP contribution in [0.5, 0.6) is 5.75 Å². The Morgan fingerprint density at radius 1 is 1.23 bits per heavy atom. The van der Waals surface area contributed by atoms with Gasteiger partial charge in [0.25, 0.3) is 5.52 Å². The second kappa shape index (κ2) is 10.1. The molecule has 1 amide bonds. The number of hydrogen-bond acceptors (Lipinski definition) is 6. The molecule has 182 valence electrons. The van der Waals surface area contributed by atoms with Crippen LogP contribution < -0.4 is 14.4 Å². The normalized spacial score (nSPS) is 14.2. The zero-order valence-corrected chi connectivity index (χ0v) is 19.9. The van der Waals surface area contributed by atoms with E-state index in [1.807, 2.05) is 0 Å². The third-order valence-corrected chi connectivity index (χ3v) is 5.79. The number of carbonyl (C=O) groups excluding carboxylic acids is 2. The minimum atomic E-state index is -0.556. The van der Waals surface area contributed by atoms with Gasteiger partial charge in [0, 0.05) is 45.5 Å². The van der Waals surface area contributed by atoms with E-state index in [2.05, 4.69) is 4.98 Å². The van der Waals surface area contributed by atoms with Gasteiger partial charge in [-0.3, -0.25) is 14.6 Å². The fourth-order valence-corrected chi connectivity index (χ4v) is 4.12. The summed E-state index contributed by atoms with van der Waals surface area (Å²) in [5.41, 5.74) is 1.21. The number of aromatic nitrogens is 2. The van der Waals surface area contributed by atoms with Gasteiger partial charge >= 0.3 is 0 Å². The molecular weight excluding hydrogens is 451 g/mol. The van der Waals surface area contributed by atoms with Gasteiger partial charge in [-0.05, 0) is 49.8 Å². The van der Waals surface area contributed by atoms with Crippen LogP contribution in [0.15, 0.2) is 48.9 Å². The Morgan fingerprint density at radius 2 is 1.97 bits per heavy atom. The molecule has 0 unspecified atom stereocenters. The van der Waals surface area contributed by atoms with E-state index in [1.54, 1.807) is 54.2 Å². The topological polar surface area (TPSA) is 89.7 Å². The highest BCUT2D eigenvalue weighted by Gasteiger charge is 2.29. The zero-order chi connectivity index (χ0) is 25.1. The number of rotatable bonds is 6. The summed E-state index contributed by atoms with van der Waals surface area (Å²) in [6, 6.07) is 6.30. The molecule has 1 saturated heterocycles. The van der Waals surface area contributed by atoms with Gasteiger partial charge in [-0.25, -0.2) is 4.39 Å². The number of carbonyl (C=O) groups is 2. The molecule has 8 nitrogen and oxygen atoms in total. The molecule has 3 heterocycles. The largest absolute Gasteiger partial charge is 0.618 e. The van der Waals surface area contributed by atoms with E-state index in [0.29, 0.717) is 30.9 Å². The van der Waals surface area contributed by atoms with Crippen molar-refractivity contribution in [3.8, 4) is 5.75 Å². The first-order valence-corrected chi connectivity index (χ1v) is 11.4. The Kier molecular flexibility index (Phi) is 6.95. The predicted molar refractivity (Wildman–Crippen MR) is 131 cm³/mol. The number of fused-ring (bicyclic) bond motifs is 1. The maximum atomic E-state index is 15.5. The number of piperazine rings is 1. The number of halogens is 1. The molecule has 1 aliphatic rings. The van der Waals surface area contributed by atoms with E-state index in [1.165, 1.54) is 31.3 Å². The minimum absolute atomic E-state index is 0.0329. The first kappa shape index (κ1) is 24.1. The first-order chi connectivity index (χ1) is 16.7. The van der Waals surface area contributed by atoms with Crippen molar-refractivity contribution in [2.24, 2.45) is 0 Å². The molecule has 0 N–H and O–H groups in total. The molecule has 9 heteroatoms. The summed E-state index contributed by atoms with van der Waals surface area (Å²) < 4.78 is 22.0. The SMILES string of the molecule is CC(=O)N1CCN(c2c(F)cc3cc(C(=O)C=Cc4cccnc4)c[n+]([O-])c3c2OC(C)C)CC1. The highest BCUT2D eigenvalue weighted by molar-refractivity contribution is 6.08. The van der Waals surface area contributed by atoms with Gasteiger partial charge < -0.3 is 19.7 Å². The Morgan fingerprint density at radius 3 is 2.60 bits per heavy atom. The van der Waals surface area contributed by atoms with Gasteiger partial charge in [-0.15, -0.1) is 0 Å². The molecule has 1 aromatic carbocycles. The lowest BCUT2D eigenvalue weighted by Gasteiger charge is -2.36. The van der Waals surface area contributed by atoms with E-state index in [9.17, 15) is 14.8 Å². The van der Waals surface area contributed by atoms with Crippen molar-refractivity contribution >= 4 is 34.4 Å². The number of allylic oxidation sites excluding steroid dienone is 1. The number of hydrogen-bond donors (Lipinski definition) is 0. The summed E-state index contributed by atoms with van der Waals surface area (Å²) in [7, 11) is 0. The third-order valence-electron chi connectivity index (χ3n) is 5.79. The molecule has 0 spiro atoms. The average molecular weight is 479 g/mol. The van der Waals surface area contributed by atoms with Crippen LogP contribution in [0.1, 0.15) is 36.7 Å². The summed E-state index contributed by atoms with van der Waals surface area (Å²) in [5.74, 6) is -0.850. The van der Waals surface area contributed by atoms with Gasteiger partial charge in [0.05, 0.1) is 17.1 Å². The molecule has 1 aliphatic heterocycles. The smallest absolute Gasteiger partial charge is 0.268 e. The summed E-state index contributed by atoms with van der Waals surface area (Å²) in [6.07, 6.45) is 7.06. The Bertz CT molecular complexity index is 1290. The fraction of sp³-hybridized carbons (Fsp3) is 0.308. The standard InChI is InChI=1S/C26H27FN4O4/c1-17(2)35-26-24-20(14-22(27)25(26)30-11-9-29(10-12-30)18(3)32)13-21(16-31(24)34)23(33)7-6-19-5-4-8-28-15-19/h4-8,13-17H,9-12H2,1-3H3. The Hall–Kier alpha value is -4.01. The lowest BCUT2D eigenvalue weighted by atomic mass is 10.1. The highest BCUT2D eigenvalue weighted by Crippen LogP contribution is 2.39. The Balaban J connectivity index is 1.74. The molecule has 0 radical (unpaired) electrons. The number of ketones is 1.